The van der Waals surface area contributed by atoms with Crippen LogP contribution in [0.15, 0.2) is 6.07 Å². The molecule has 0 amide bonds. The van der Waals surface area contributed by atoms with Crippen molar-refractivity contribution in [2.24, 2.45) is 0 Å². The highest BCUT2D eigenvalue weighted by atomic mass is 32.1. The summed E-state index contributed by atoms with van der Waals surface area (Å²) in [7, 11) is 0. The fourth-order valence-corrected chi connectivity index (χ4v) is 3.32. The number of rotatable bonds is 4. The summed E-state index contributed by atoms with van der Waals surface area (Å²) in [6.45, 7) is 4.19. The second-order valence-corrected chi connectivity index (χ2v) is 5.97. The molecule has 1 aromatic rings. The van der Waals surface area contributed by atoms with Crippen molar-refractivity contribution in [3.8, 4) is 0 Å². The number of aliphatic hydroxyl groups excluding tert-OH is 2. The minimum absolute atomic E-state index is 0.00339. The van der Waals surface area contributed by atoms with Gasteiger partial charge in [0.1, 0.15) is 0 Å². The predicted octanol–water partition coefficient (Wildman–Crippen LogP) is 1.30. The van der Waals surface area contributed by atoms with Crippen LogP contribution in [0.2, 0.25) is 0 Å². The fraction of sp³-hybridized carbons (Fsp3) is 0.667. The van der Waals surface area contributed by atoms with Gasteiger partial charge in [-0.2, -0.15) is 0 Å². The van der Waals surface area contributed by atoms with Crippen molar-refractivity contribution in [1.82, 2.24) is 0 Å². The summed E-state index contributed by atoms with van der Waals surface area (Å²) >= 11 is 1.22. The van der Waals surface area contributed by atoms with Gasteiger partial charge in [0.2, 0.25) is 0 Å². The summed E-state index contributed by atoms with van der Waals surface area (Å²) in [4.78, 5) is 13.2. The SMILES string of the molecule is CC(O)c1cc([N+](=O)[O-])c(N2CC(CO)OCC2C)s1. The maximum Gasteiger partial charge on any atom is 0.304 e. The van der Waals surface area contributed by atoms with E-state index in [2.05, 4.69) is 0 Å². The molecule has 2 rings (SSSR count). The summed E-state index contributed by atoms with van der Waals surface area (Å²) in [5.41, 5.74) is -0.00339. The Morgan fingerprint density at radius 1 is 1.70 bits per heavy atom. The Balaban J connectivity index is 2.36. The second-order valence-electron chi connectivity index (χ2n) is 4.91. The van der Waals surface area contributed by atoms with Gasteiger partial charge in [0, 0.05) is 17.5 Å². The van der Waals surface area contributed by atoms with Crippen LogP contribution in [-0.4, -0.2) is 47.0 Å². The van der Waals surface area contributed by atoms with E-state index in [4.69, 9.17) is 4.74 Å². The zero-order valence-corrected chi connectivity index (χ0v) is 12.2. The van der Waals surface area contributed by atoms with Gasteiger partial charge in [0.15, 0.2) is 5.00 Å². The maximum absolute atomic E-state index is 11.2. The molecule has 0 aliphatic carbocycles. The second kappa shape index (κ2) is 6.04. The van der Waals surface area contributed by atoms with E-state index in [1.165, 1.54) is 17.4 Å². The van der Waals surface area contributed by atoms with Gasteiger partial charge in [-0.15, -0.1) is 11.3 Å². The molecule has 112 valence electrons. The molecule has 0 saturated carbocycles. The molecule has 20 heavy (non-hydrogen) atoms. The lowest BCUT2D eigenvalue weighted by Crippen LogP contribution is -2.49. The Morgan fingerprint density at radius 3 is 2.95 bits per heavy atom. The average Bonchev–Trinajstić information content (AvgIpc) is 2.84. The predicted molar refractivity (Wildman–Crippen MR) is 75.2 cm³/mol. The number of nitro groups is 1. The number of hydrogen-bond donors (Lipinski definition) is 2. The molecule has 3 atom stereocenters. The monoisotopic (exact) mass is 302 g/mol. The summed E-state index contributed by atoms with van der Waals surface area (Å²) in [5.74, 6) is 0. The molecular formula is C12H18N2O5S. The van der Waals surface area contributed by atoms with E-state index in [0.717, 1.165) is 0 Å². The first-order valence-electron chi connectivity index (χ1n) is 6.39. The molecule has 0 bridgehead atoms. The molecular weight excluding hydrogens is 284 g/mol. The molecule has 0 spiro atoms. The Labute approximate surface area is 120 Å². The normalized spacial score (nSPS) is 24.7. The number of anilines is 1. The van der Waals surface area contributed by atoms with Gasteiger partial charge in [-0.3, -0.25) is 10.1 Å². The highest BCUT2D eigenvalue weighted by Gasteiger charge is 2.32. The average molecular weight is 302 g/mol. The van der Waals surface area contributed by atoms with E-state index in [-0.39, 0.29) is 24.4 Å². The lowest BCUT2D eigenvalue weighted by Gasteiger charge is -2.37. The van der Waals surface area contributed by atoms with E-state index in [1.807, 2.05) is 11.8 Å². The molecule has 0 aromatic carbocycles. The quantitative estimate of drug-likeness (QED) is 0.643. The van der Waals surface area contributed by atoms with Crippen LogP contribution < -0.4 is 4.90 Å². The molecule has 2 heterocycles. The van der Waals surface area contributed by atoms with Gasteiger partial charge in [-0.05, 0) is 13.8 Å². The van der Waals surface area contributed by atoms with Gasteiger partial charge >= 0.3 is 5.69 Å². The van der Waals surface area contributed by atoms with Crippen LogP contribution in [0.3, 0.4) is 0 Å². The fourth-order valence-electron chi connectivity index (χ4n) is 2.14. The van der Waals surface area contributed by atoms with Gasteiger partial charge in [0.25, 0.3) is 0 Å². The number of hydrogen-bond acceptors (Lipinski definition) is 7. The first-order valence-corrected chi connectivity index (χ1v) is 7.21. The third-order valence-electron chi connectivity index (χ3n) is 3.29. The van der Waals surface area contributed by atoms with Gasteiger partial charge in [-0.1, -0.05) is 0 Å². The van der Waals surface area contributed by atoms with Gasteiger partial charge in [0.05, 0.1) is 36.4 Å². The highest BCUT2D eigenvalue weighted by Crippen LogP contribution is 2.41. The van der Waals surface area contributed by atoms with Crippen molar-refractivity contribution in [3.05, 3.63) is 21.1 Å². The molecule has 1 fully saturated rings. The number of ether oxygens (including phenoxy) is 1. The van der Waals surface area contributed by atoms with E-state index in [9.17, 15) is 20.3 Å². The van der Waals surface area contributed by atoms with Gasteiger partial charge in [-0.25, -0.2) is 0 Å². The molecule has 1 saturated heterocycles. The van der Waals surface area contributed by atoms with Crippen LogP contribution in [0, 0.1) is 10.1 Å². The van der Waals surface area contributed by atoms with Crippen LogP contribution in [-0.2, 0) is 4.74 Å². The number of nitrogens with zero attached hydrogens (tertiary/aromatic N) is 2. The van der Waals surface area contributed by atoms with Crippen molar-refractivity contribution < 1.29 is 19.9 Å². The number of morpholine rings is 1. The highest BCUT2D eigenvalue weighted by molar-refractivity contribution is 7.16. The Hall–Kier alpha value is -1.22. The smallest absolute Gasteiger partial charge is 0.304 e. The summed E-state index contributed by atoms with van der Waals surface area (Å²) in [5, 5.41) is 30.5. The van der Waals surface area contributed by atoms with E-state index in [1.54, 1.807) is 6.92 Å². The van der Waals surface area contributed by atoms with E-state index in [0.29, 0.717) is 23.0 Å². The Morgan fingerprint density at radius 2 is 2.40 bits per heavy atom. The molecule has 8 heteroatoms. The Bertz CT molecular complexity index is 490. The zero-order chi connectivity index (χ0) is 14.9. The lowest BCUT2D eigenvalue weighted by atomic mass is 10.2. The summed E-state index contributed by atoms with van der Waals surface area (Å²) < 4.78 is 5.44. The van der Waals surface area contributed by atoms with Crippen LogP contribution >= 0.6 is 11.3 Å². The maximum atomic E-state index is 11.2. The zero-order valence-electron chi connectivity index (χ0n) is 11.4. The van der Waals surface area contributed by atoms with Crippen molar-refractivity contribution in [1.29, 1.82) is 0 Å². The van der Waals surface area contributed by atoms with Crippen molar-refractivity contribution in [2.75, 3.05) is 24.7 Å². The topological polar surface area (TPSA) is 96.1 Å². The van der Waals surface area contributed by atoms with Gasteiger partial charge < -0.3 is 19.8 Å². The minimum Gasteiger partial charge on any atom is -0.394 e. The summed E-state index contributed by atoms with van der Waals surface area (Å²) in [6.07, 6.45) is -1.08. The van der Waals surface area contributed by atoms with Crippen molar-refractivity contribution in [3.63, 3.8) is 0 Å². The van der Waals surface area contributed by atoms with Crippen molar-refractivity contribution in [2.45, 2.75) is 32.1 Å². The molecule has 1 aliphatic rings. The minimum atomic E-state index is -0.738. The first kappa shape index (κ1) is 15.2. The largest absolute Gasteiger partial charge is 0.394 e. The number of aliphatic hydroxyl groups is 2. The van der Waals surface area contributed by atoms with E-state index >= 15 is 0 Å². The van der Waals surface area contributed by atoms with Crippen LogP contribution in [0.25, 0.3) is 0 Å². The molecule has 0 radical (unpaired) electrons. The molecule has 2 N–H and O–H groups in total. The van der Waals surface area contributed by atoms with Crippen molar-refractivity contribution >= 4 is 22.0 Å². The first-order chi connectivity index (χ1) is 9.43. The molecule has 7 nitrogen and oxygen atoms in total. The molecule has 1 aliphatic heterocycles. The third-order valence-corrected chi connectivity index (χ3v) is 4.62. The third kappa shape index (κ3) is 2.93. The van der Waals surface area contributed by atoms with Crippen LogP contribution in [0.4, 0.5) is 10.7 Å². The number of thiophene rings is 1. The van der Waals surface area contributed by atoms with Crippen LogP contribution in [0.1, 0.15) is 24.8 Å². The van der Waals surface area contributed by atoms with Crippen LogP contribution in [0.5, 0.6) is 0 Å². The molecule has 3 unspecified atom stereocenters. The standard InChI is InChI=1S/C12H18N2O5S/c1-7-6-19-9(5-15)4-13(7)12-10(14(17)18)3-11(20-12)8(2)16/h3,7-9,15-16H,4-6H2,1-2H3. The van der Waals surface area contributed by atoms with E-state index < -0.39 is 11.0 Å². The Kier molecular flexibility index (Phi) is 4.59. The molecule has 1 aromatic heterocycles. The lowest BCUT2D eigenvalue weighted by molar-refractivity contribution is -0.383. The summed E-state index contributed by atoms with van der Waals surface area (Å²) in [6, 6.07) is 1.40.